The number of halogens is 2. The summed E-state index contributed by atoms with van der Waals surface area (Å²) in [7, 11) is 3.79. The maximum atomic E-state index is 16.3. The predicted octanol–water partition coefficient (Wildman–Crippen LogP) is 2.49. The predicted molar refractivity (Wildman–Crippen MR) is 112 cm³/mol. The van der Waals surface area contributed by atoms with Crippen LogP contribution >= 0.6 is 0 Å². The van der Waals surface area contributed by atoms with E-state index in [0.29, 0.717) is 4.57 Å². The van der Waals surface area contributed by atoms with E-state index in [1.54, 1.807) is 13.1 Å². The molecular formula is C22H21F2N5O4. The molecule has 0 spiro atoms. The van der Waals surface area contributed by atoms with E-state index in [4.69, 9.17) is 9.47 Å². The Labute approximate surface area is 187 Å². The van der Waals surface area contributed by atoms with E-state index in [1.807, 2.05) is 6.07 Å². The number of methoxy groups -OCH3 is 1. The molecule has 1 unspecified atom stereocenters. The number of benzene rings is 1. The van der Waals surface area contributed by atoms with Crippen molar-refractivity contribution in [3.8, 4) is 11.8 Å². The van der Waals surface area contributed by atoms with Gasteiger partial charge < -0.3 is 9.47 Å². The molecule has 0 aliphatic carbocycles. The molecule has 0 bridgehead atoms. The van der Waals surface area contributed by atoms with Gasteiger partial charge in [-0.05, 0) is 18.6 Å². The van der Waals surface area contributed by atoms with Gasteiger partial charge in [0.2, 0.25) is 5.75 Å². The number of hydrogen-bond acceptors (Lipinski definition) is 7. The number of aromatic nitrogens is 4. The highest BCUT2D eigenvalue weighted by Crippen LogP contribution is 2.46. The number of nitriles is 1. The van der Waals surface area contributed by atoms with Crippen LogP contribution < -0.4 is 10.3 Å². The lowest BCUT2D eigenvalue weighted by Gasteiger charge is -2.28. The second kappa shape index (κ2) is 9.20. The van der Waals surface area contributed by atoms with E-state index in [9.17, 15) is 14.9 Å². The number of rotatable bonds is 7. The highest BCUT2D eigenvalue weighted by Gasteiger charge is 2.49. The van der Waals surface area contributed by atoms with Crippen molar-refractivity contribution in [2.24, 2.45) is 14.1 Å². The van der Waals surface area contributed by atoms with Crippen LogP contribution in [0.1, 0.15) is 45.8 Å². The molecule has 11 heteroatoms. The minimum atomic E-state index is -3.85. The number of hydrogen-bond donors (Lipinski definition) is 0. The molecule has 0 aliphatic heterocycles. The van der Waals surface area contributed by atoms with Gasteiger partial charge in [0.05, 0.1) is 37.5 Å². The Hall–Kier alpha value is -4.07. The summed E-state index contributed by atoms with van der Waals surface area (Å²) in [6.45, 7) is 1.47. The summed E-state index contributed by atoms with van der Waals surface area (Å²) in [5.74, 6) is -8.15. The summed E-state index contributed by atoms with van der Waals surface area (Å²) >= 11 is 0. The van der Waals surface area contributed by atoms with Gasteiger partial charge in [-0.25, -0.2) is 9.78 Å². The third kappa shape index (κ3) is 4.19. The van der Waals surface area contributed by atoms with Crippen molar-refractivity contribution in [3.05, 3.63) is 75.2 Å². The number of ether oxygens (including phenoxy) is 2. The van der Waals surface area contributed by atoms with Crippen LogP contribution in [0, 0.1) is 11.3 Å². The fourth-order valence-corrected chi connectivity index (χ4v) is 3.55. The SMILES string of the molecule is CCOC(=O)c1nc(C(F)(F)C(c2cnn(C)c2)c2ccccc2C#N)n(C)c(=O)c1OC. The lowest BCUT2D eigenvalue weighted by atomic mass is 9.84. The summed E-state index contributed by atoms with van der Waals surface area (Å²) in [5, 5.41) is 13.5. The molecule has 33 heavy (non-hydrogen) atoms. The van der Waals surface area contributed by atoms with Gasteiger partial charge in [-0.2, -0.15) is 19.1 Å². The van der Waals surface area contributed by atoms with Crippen LogP contribution in [0.3, 0.4) is 0 Å². The van der Waals surface area contributed by atoms with Crippen molar-refractivity contribution in [3.63, 3.8) is 0 Å². The molecule has 3 rings (SSSR count). The van der Waals surface area contributed by atoms with Crippen molar-refractivity contribution < 1.29 is 23.0 Å². The number of carbonyl (C=O) groups is 1. The normalized spacial score (nSPS) is 12.2. The zero-order valence-electron chi connectivity index (χ0n) is 18.4. The van der Waals surface area contributed by atoms with Crippen LogP contribution in [0.15, 0.2) is 41.5 Å². The van der Waals surface area contributed by atoms with Gasteiger partial charge in [-0.3, -0.25) is 14.0 Å². The lowest BCUT2D eigenvalue weighted by Crippen LogP contribution is -2.36. The van der Waals surface area contributed by atoms with Gasteiger partial charge >= 0.3 is 11.9 Å². The van der Waals surface area contributed by atoms with E-state index in [2.05, 4.69) is 10.1 Å². The molecule has 0 saturated carbocycles. The first-order chi connectivity index (χ1) is 15.7. The Morgan fingerprint density at radius 3 is 2.58 bits per heavy atom. The monoisotopic (exact) mass is 457 g/mol. The third-order valence-corrected chi connectivity index (χ3v) is 5.03. The van der Waals surface area contributed by atoms with Gasteiger partial charge in [0.15, 0.2) is 11.5 Å². The summed E-state index contributed by atoms with van der Waals surface area (Å²) in [6, 6.07) is 7.82. The minimum absolute atomic E-state index is 0.0146. The van der Waals surface area contributed by atoms with Crippen molar-refractivity contribution in [1.82, 2.24) is 19.3 Å². The molecule has 0 N–H and O–H groups in total. The molecule has 1 aromatic carbocycles. The molecule has 0 radical (unpaired) electrons. The Morgan fingerprint density at radius 1 is 1.30 bits per heavy atom. The van der Waals surface area contributed by atoms with Gasteiger partial charge in [0.25, 0.3) is 5.56 Å². The molecule has 2 heterocycles. The van der Waals surface area contributed by atoms with Gasteiger partial charge in [0.1, 0.15) is 0 Å². The van der Waals surface area contributed by atoms with E-state index in [-0.39, 0.29) is 23.3 Å². The van der Waals surface area contributed by atoms with Crippen molar-refractivity contribution in [2.75, 3.05) is 13.7 Å². The van der Waals surface area contributed by atoms with Crippen LogP contribution in [-0.2, 0) is 24.8 Å². The highest BCUT2D eigenvalue weighted by molar-refractivity contribution is 5.90. The Bertz CT molecular complexity index is 1290. The maximum absolute atomic E-state index is 16.3. The Kier molecular flexibility index (Phi) is 6.57. The van der Waals surface area contributed by atoms with E-state index >= 15 is 8.78 Å². The molecule has 172 valence electrons. The van der Waals surface area contributed by atoms with Crippen molar-refractivity contribution >= 4 is 5.97 Å². The zero-order valence-corrected chi connectivity index (χ0v) is 18.4. The standard InChI is InChI=1S/C22H21F2N5O4/c1-5-33-20(31)17-18(32-4)19(30)29(3)21(27-17)22(23,24)16(14-11-26-28(2)12-14)15-9-7-6-8-13(15)10-25/h6-9,11-12,16H,5H2,1-4H3. The fourth-order valence-electron chi connectivity index (χ4n) is 3.55. The number of carbonyl (C=O) groups excluding carboxylic acids is 1. The summed E-state index contributed by atoms with van der Waals surface area (Å²) in [6.07, 6.45) is 2.64. The van der Waals surface area contributed by atoms with Crippen LogP contribution in [-0.4, -0.2) is 39.0 Å². The topological polar surface area (TPSA) is 112 Å². The maximum Gasteiger partial charge on any atom is 0.361 e. The van der Waals surface area contributed by atoms with Gasteiger partial charge in [-0.1, -0.05) is 18.2 Å². The highest BCUT2D eigenvalue weighted by atomic mass is 19.3. The molecular weight excluding hydrogens is 436 g/mol. The first-order valence-electron chi connectivity index (χ1n) is 9.85. The first kappa shape index (κ1) is 23.6. The van der Waals surface area contributed by atoms with Crippen LogP contribution in [0.5, 0.6) is 5.75 Å². The average molecular weight is 457 g/mol. The van der Waals surface area contributed by atoms with Crippen LogP contribution in [0.25, 0.3) is 0 Å². The molecule has 2 aromatic heterocycles. The zero-order chi connectivity index (χ0) is 24.3. The summed E-state index contributed by atoms with van der Waals surface area (Å²) in [5.41, 5.74) is -1.51. The molecule has 0 aliphatic rings. The average Bonchev–Trinajstić information content (AvgIpc) is 3.21. The van der Waals surface area contributed by atoms with Gasteiger partial charge in [-0.15, -0.1) is 0 Å². The number of aryl methyl sites for hydroxylation is 1. The first-order valence-corrected chi connectivity index (χ1v) is 9.85. The molecule has 0 amide bonds. The molecule has 9 nitrogen and oxygen atoms in total. The number of alkyl halides is 2. The van der Waals surface area contributed by atoms with Crippen molar-refractivity contribution in [2.45, 2.75) is 18.8 Å². The van der Waals surface area contributed by atoms with Gasteiger partial charge in [0, 0.05) is 25.9 Å². The Morgan fingerprint density at radius 2 is 2.00 bits per heavy atom. The quantitative estimate of drug-likeness (QED) is 0.501. The van der Waals surface area contributed by atoms with E-state index in [1.165, 1.54) is 42.2 Å². The number of nitrogens with zero attached hydrogens (tertiary/aromatic N) is 5. The number of esters is 1. The van der Waals surface area contributed by atoms with E-state index in [0.717, 1.165) is 14.2 Å². The summed E-state index contributed by atoms with van der Waals surface area (Å²) < 4.78 is 44.3. The van der Waals surface area contributed by atoms with E-state index < -0.39 is 40.6 Å². The molecule has 0 saturated heterocycles. The lowest BCUT2D eigenvalue weighted by molar-refractivity contribution is -0.0351. The minimum Gasteiger partial charge on any atom is -0.489 e. The largest absolute Gasteiger partial charge is 0.489 e. The fraction of sp³-hybridized carbons (Fsp3) is 0.318. The smallest absolute Gasteiger partial charge is 0.361 e. The molecule has 3 aromatic rings. The second-order valence-electron chi connectivity index (χ2n) is 7.10. The Balaban J connectivity index is 2.34. The van der Waals surface area contributed by atoms with Crippen LogP contribution in [0.4, 0.5) is 8.78 Å². The summed E-state index contributed by atoms with van der Waals surface area (Å²) in [4.78, 5) is 29.0. The molecule has 0 fully saturated rings. The molecule has 1 atom stereocenters. The third-order valence-electron chi connectivity index (χ3n) is 5.03. The van der Waals surface area contributed by atoms with Crippen molar-refractivity contribution in [1.29, 1.82) is 5.26 Å². The second-order valence-corrected chi connectivity index (χ2v) is 7.10. The van der Waals surface area contributed by atoms with Crippen LogP contribution in [0.2, 0.25) is 0 Å².